The van der Waals surface area contributed by atoms with Crippen LogP contribution in [-0.2, 0) is 15.1 Å². The second-order valence-electron chi connectivity index (χ2n) is 12.4. The molecule has 11 heteroatoms. The van der Waals surface area contributed by atoms with Crippen LogP contribution in [0.2, 0.25) is 10.0 Å². The van der Waals surface area contributed by atoms with Crippen LogP contribution in [0.1, 0.15) is 50.8 Å². The maximum atomic E-state index is 14.4. The Kier molecular flexibility index (Phi) is 9.03. The summed E-state index contributed by atoms with van der Waals surface area (Å²) in [5, 5.41) is 2.09. The minimum atomic E-state index is -0.647. The molecule has 0 radical (unpaired) electrons. The molecule has 0 saturated carbocycles. The van der Waals surface area contributed by atoms with Gasteiger partial charge in [-0.15, -0.1) is 0 Å². The van der Waals surface area contributed by atoms with Crippen LogP contribution in [0.15, 0.2) is 64.1 Å². The van der Waals surface area contributed by atoms with Gasteiger partial charge in [-0.05, 0) is 72.8 Å². The summed E-state index contributed by atoms with van der Waals surface area (Å²) in [6, 6.07) is 15.0. The highest BCUT2D eigenvalue weighted by molar-refractivity contribution is 8.18. The van der Waals surface area contributed by atoms with E-state index in [1.165, 1.54) is 11.8 Å². The van der Waals surface area contributed by atoms with Crippen molar-refractivity contribution in [1.82, 2.24) is 19.6 Å². The highest BCUT2D eigenvalue weighted by Crippen LogP contribution is 2.56. The second-order valence-corrected chi connectivity index (χ2v) is 14.2. The zero-order chi connectivity index (χ0) is 31.2. The standard InChI is InChI=1S/C33H38Cl2FN5O2S/c1-21(2)27-28(31(43)40-15-4-5-26(40)30(42)39-19-17-38(16-14-36)18-20-39)44-32-37-33(3,23-8-12-25(35)13-9-23)29(41(27)32)22-6-10-24(34)11-7-22/h6-13,21,26,29H,4-5,14-20H2,1-3H3/t26-,29+,33-/m0/s1. The van der Waals surface area contributed by atoms with E-state index in [2.05, 4.69) is 25.7 Å². The first-order valence-electron chi connectivity index (χ1n) is 15.3. The first-order chi connectivity index (χ1) is 21.1. The smallest absolute Gasteiger partial charge is 0.263 e. The minimum Gasteiger partial charge on any atom is -0.338 e. The SMILES string of the molecule is CC(C)C1=C(C(=O)N2CCC[C@H]2C(=O)N2CCN(CCF)CC2)SC2=N[C@@](C)(c3ccc(Cl)cc3)[C@@H](c3ccc(Cl)cc3)N21. The summed E-state index contributed by atoms with van der Waals surface area (Å²) >= 11 is 14.0. The van der Waals surface area contributed by atoms with E-state index >= 15 is 0 Å². The number of nitrogens with zero attached hydrogens (tertiary/aromatic N) is 5. The van der Waals surface area contributed by atoms with Crippen molar-refractivity contribution in [3.63, 3.8) is 0 Å². The van der Waals surface area contributed by atoms with Crippen molar-refractivity contribution in [3.8, 4) is 0 Å². The number of likely N-dealkylation sites (tertiary alicyclic amines) is 1. The Hall–Kier alpha value is -2.59. The van der Waals surface area contributed by atoms with Gasteiger partial charge in [0.1, 0.15) is 23.2 Å². The van der Waals surface area contributed by atoms with Gasteiger partial charge >= 0.3 is 0 Å². The lowest BCUT2D eigenvalue weighted by Gasteiger charge is -2.38. The second kappa shape index (κ2) is 12.7. The number of carbonyl (C=O) groups excluding carboxylic acids is 2. The molecule has 234 valence electrons. The van der Waals surface area contributed by atoms with Crippen molar-refractivity contribution in [3.05, 3.63) is 80.3 Å². The molecule has 7 nitrogen and oxygen atoms in total. The normalized spacial score (nSPS) is 25.7. The van der Waals surface area contributed by atoms with E-state index in [-0.39, 0.29) is 30.4 Å². The quantitative estimate of drug-likeness (QED) is 0.348. The number of aliphatic imine (C=N–C) groups is 1. The van der Waals surface area contributed by atoms with Crippen LogP contribution in [0.4, 0.5) is 4.39 Å². The fourth-order valence-electron chi connectivity index (χ4n) is 6.98. The number of hydrogen-bond acceptors (Lipinski definition) is 6. The van der Waals surface area contributed by atoms with Gasteiger partial charge in [0.2, 0.25) is 5.91 Å². The molecule has 0 aliphatic carbocycles. The Labute approximate surface area is 273 Å². The fraction of sp³-hybridized carbons (Fsp3) is 0.485. The molecule has 0 spiro atoms. The van der Waals surface area contributed by atoms with Gasteiger partial charge in [0.25, 0.3) is 5.91 Å². The van der Waals surface area contributed by atoms with Crippen molar-refractivity contribution >= 4 is 51.9 Å². The number of thioether (sulfide) groups is 1. The molecule has 44 heavy (non-hydrogen) atoms. The molecule has 4 heterocycles. The van der Waals surface area contributed by atoms with E-state index in [4.69, 9.17) is 28.2 Å². The fourth-order valence-corrected chi connectivity index (χ4v) is 8.60. The zero-order valence-electron chi connectivity index (χ0n) is 25.3. The third-order valence-electron chi connectivity index (χ3n) is 9.25. The first-order valence-corrected chi connectivity index (χ1v) is 16.9. The van der Waals surface area contributed by atoms with Crippen LogP contribution in [0.3, 0.4) is 0 Å². The van der Waals surface area contributed by atoms with E-state index < -0.39 is 11.6 Å². The maximum Gasteiger partial charge on any atom is 0.263 e. The summed E-state index contributed by atoms with van der Waals surface area (Å²) in [6.45, 7) is 9.32. The Bertz CT molecular complexity index is 1480. The predicted molar refractivity (Wildman–Crippen MR) is 175 cm³/mol. The van der Waals surface area contributed by atoms with Crippen molar-refractivity contribution in [2.45, 2.75) is 51.2 Å². The summed E-state index contributed by atoms with van der Waals surface area (Å²) < 4.78 is 12.8. The van der Waals surface area contributed by atoms with E-state index in [0.717, 1.165) is 28.4 Å². The van der Waals surface area contributed by atoms with Crippen LogP contribution in [0.25, 0.3) is 0 Å². The molecule has 2 aromatic rings. The third kappa shape index (κ3) is 5.65. The molecule has 6 rings (SSSR count). The number of amides is 2. The van der Waals surface area contributed by atoms with E-state index in [1.54, 1.807) is 4.90 Å². The molecule has 2 amide bonds. The first kappa shape index (κ1) is 31.4. The molecule has 3 atom stereocenters. The van der Waals surface area contributed by atoms with Gasteiger partial charge < -0.3 is 14.7 Å². The number of alkyl halides is 1. The Morgan fingerprint density at radius 1 is 1.00 bits per heavy atom. The van der Waals surface area contributed by atoms with Gasteiger partial charge in [-0.25, -0.2) is 9.38 Å². The van der Waals surface area contributed by atoms with E-state index in [1.807, 2.05) is 58.3 Å². The average molecular weight is 659 g/mol. The summed E-state index contributed by atoms with van der Waals surface area (Å²) in [5.41, 5.74) is 2.34. The number of halogens is 3. The Morgan fingerprint density at radius 3 is 2.25 bits per heavy atom. The Balaban J connectivity index is 1.32. The largest absolute Gasteiger partial charge is 0.338 e. The van der Waals surface area contributed by atoms with Crippen molar-refractivity contribution in [1.29, 1.82) is 0 Å². The van der Waals surface area contributed by atoms with Gasteiger partial charge in [0.15, 0.2) is 5.17 Å². The number of piperazine rings is 1. The van der Waals surface area contributed by atoms with Gasteiger partial charge in [0.05, 0.1) is 6.04 Å². The highest BCUT2D eigenvalue weighted by atomic mass is 35.5. The molecule has 2 aromatic carbocycles. The molecule has 2 fully saturated rings. The van der Waals surface area contributed by atoms with Gasteiger partial charge in [-0.2, -0.15) is 0 Å². The molecular weight excluding hydrogens is 620 g/mol. The van der Waals surface area contributed by atoms with Crippen molar-refractivity contribution in [2.75, 3.05) is 45.9 Å². The van der Waals surface area contributed by atoms with E-state index in [9.17, 15) is 14.0 Å². The van der Waals surface area contributed by atoms with Crippen LogP contribution >= 0.6 is 35.0 Å². The van der Waals surface area contributed by atoms with Gasteiger partial charge in [-0.1, -0.05) is 61.3 Å². The topological polar surface area (TPSA) is 59.5 Å². The molecular formula is C33H38Cl2FN5O2S. The summed E-state index contributed by atoms with van der Waals surface area (Å²) in [6.07, 6.45) is 1.43. The summed E-state index contributed by atoms with van der Waals surface area (Å²) in [7, 11) is 0. The highest BCUT2D eigenvalue weighted by Gasteiger charge is 2.54. The molecule has 0 unspecified atom stereocenters. The van der Waals surface area contributed by atoms with Crippen LogP contribution < -0.4 is 0 Å². The van der Waals surface area contributed by atoms with Crippen molar-refractivity contribution < 1.29 is 14.0 Å². The number of amidine groups is 1. The van der Waals surface area contributed by atoms with Crippen molar-refractivity contribution in [2.24, 2.45) is 10.9 Å². The number of rotatable bonds is 7. The lowest BCUT2D eigenvalue weighted by molar-refractivity contribution is -0.143. The summed E-state index contributed by atoms with van der Waals surface area (Å²) in [4.78, 5) is 42.0. The Morgan fingerprint density at radius 2 is 1.64 bits per heavy atom. The molecule has 4 aliphatic rings. The van der Waals surface area contributed by atoms with E-state index in [0.29, 0.717) is 60.6 Å². The number of hydrogen-bond donors (Lipinski definition) is 0. The van der Waals surface area contributed by atoms with Crippen LogP contribution in [0, 0.1) is 5.92 Å². The molecule has 2 saturated heterocycles. The predicted octanol–water partition coefficient (Wildman–Crippen LogP) is 6.34. The summed E-state index contributed by atoms with van der Waals surface area (Å²) in [5.74, 6) is -0.0831. The third-order valence-corrected chi connectivity index (χ3v) is 10.8. The molecule has 0 aromatic heterocycles. The minimum absolute atomic E-state index is 0.00219. The monoisotopic (exact) mass is 657 g/mol. The lowest BCUT2D eigenvalue weighted by atomic mass is 9.81. The number of carbonyl (C=O) groups is 2. The number of fused-ring (bicyclic) bond motifs is 1. The lowest BCUT2D eigenvalue weighted by Crippen LogP contribution is -2.54. The maximum absolute atomic E-state index is 14.4. The molecule has 4 aliphatic heterocycles. The number of allylic oxidation sites excluding steroid dienone is 1. The zero-order valence-corrected chi connectivity index (χ0v) is 27.6. The van der Waals surface area contributed by atoms with Gasteiger partial charge in [0, 0.05) is 55.0 Å². The number of benzene rings is 2. The molecule has 0 N–H and O–H groups in total. The van der Waals surface area contributed by atoms with Crippen LogP contribution in [-0.4, -0.2) is 88.6 Å². The average Bonchev–Trinajstić information content (AvgIpc) is 3.71. The van der Waals surface area contributed by atoms with Gasteiger partial charge in [-0.3, -0.25) is 14.5 Å². The van der Waals surface area contributed by atoms with Crippen LogP contribution in [0.5, 0.6) is 0 Å². The molecule has 0 bridgehead atoms.